The minimum Gasteiger partial charge on any atom is -0.166 e. The lowest BCUT2D eigenvalue weighted by Gasteiger charge is -2.08. The van der Waals surface area contributed by atoms with Gasteiger partial charge in [0.25, 0.3) is 0 Å². The van der Waals surface area contributed by atoms with Crippen LogP contribution in [0.25, 0.3) is 0 Å². The lowest BCUT2D eigenvalue weighted by molar-refractivity contribution is -0.137. The van der Waals surface area contributed by atoms with Crippen LogP contribution in [0.1, 0.15) is 12.0 Å². The Morgan fingerprint density at radius 3 is 2.60 bits per heavy atom. The zero-order chi connectivity index (χ0) is 11.3. The molecule has 0 heterocycles. The first-order chi connectivity index (χ1) is 7.04. The number of hydrogen-bond acceptors (Lipinski definition) is 1. The van der Waals surface area contributed by atoms with Gasteiger partial charge in [0.05, 0.1) is 5.56 Å². The van der Waals surface area contributed by atoms with E-state index in [-0.39, 0.29) is 0 Å². The second-order valence-corrected chi connectivity index (χ2v) is 4.88. The fraction of sp³-hybridized carbons (Fsp3) is 0.400. The molecule has 5 heteroatoms. The second kappa shape index (κ2) is 5.80. The number of halogens is 4. The molecule has 0 saturated carbocycles. The topological polar surface area (TPSA) is 0 Å². The fourth-order valence-electron chi connectivity index (χ4n) is 1.01. The van der Waals surface area contributed by atoms with E-state index in [0.717, 1.165) is 23.6 Å². The number of rotatable bonds is 4. The van der Waals surface area contributed by atoms with E-state index < -0.39 is 11.7 Å². The smallest absolute Gasteiger partial charge is 0.166 e. The summed E-state index contributed by atoms with van der Waals surface area (Å²) in [6.07, 6.45) is -3.30. The molecule has 1 aromatic rings. The van der Waals surface area contributed by atoms with E-state index in [1.165, 1.54) is 23.9 Å². The highest BCUT2D eigenvalue weighted by atomic mass is 79.9. The van der Waals surface area contributed by atoms with Gasteiger partial charge in [0, 0.05) is 10.2 Å². The molecule has 0 unspecified atom stereocenters. The zero-order valence-corrected chi connectivity index (χ0v) is 10.3. The van der Waals surface area contributed by atoms with Gasteiger partial charge in [0.2, 0.25) is 0 Å². The van der Waals surface area contributed by atoms with Crippen LogP contribution < -0.4 is 0 Å². The Hall–Kier alpha value is -0.160. The van der Waals surface area contributed by atoms with Crippen molar-refractivity contribution in [3.05, 3.63) is 29.8 Å². The van der Waals surface area contributed by atoms with Crippen molar-refractivity contribution in [2.45, 2.75) is 17.5 Å². The van der Waals surface area contributed by atoms with E-state index in [9.17, 15) is 13.2 Å². The van der Waals surface area contributed by atoms with Crippen molar-refractivity contribution in [1.29, 1.82) is 0 Å². The highest BCUT2D eigenvalue weighted by Gasteiger charge is 2.30. The first-order valence-electron chi connectivity index (χ1n) is 4.40. The molecule has 0 aliphatic heterocycles. The molecule has 1 aromatic carbocycles. The van der Waals surface area contributed by atoms with E-state index >= 15 is 0 Å². The third-order valence-electron chi connectivity index (χ3n) is 1.71. The molecule has 0 saturated heterocycles. The maximum absolute atomic E-state index is 12.3. The molecule has 15 heavy (non-hydrogen) atoms. The minimum absolute atomic E-state index is 0.577. The van der Waals surface area contributed by atoms with Gasteiger partial charge in [0.15, 0.2) is 0 Å². The van der Waals surface area contributed by atoms with Gasteiger partial charge >= 0.3 is 6.18 Å². The summed E-state index contributed by atoms with van der Waals surface area (Å²) in [6.45, 7) is 0. The average molecular weight is 299 g/mol. The molecule has 0 spiro atoms. The normalized spacial score (nSPS) is 11.7. The molecular weight excluding hydrogens is 289 g/mol. The van der Waals surface area contributed by atoms with Crippen LogP contribution in [0, 0.1) is 0 Å². The average Bonchev–Trinajstić information content (AvgIpc) is 2.17. The molecule has 0 bridgehead atoms. The third-order valence-corrected chi connectivity index (χ3v) is 3.35. The molecular formula is C10H10BrF3S. The van der Waals surface area contributed by atoms with Crippen molar-refractivity contribution in [3.8, 4) is 0 Å². The molecule has 0 fully saturated rings. The summed E-state index contributed by atoms with van der Waals surface area (Å²) < 4.78 is 37.0. The Bertz CT molecular complexity index is 312. The maximum Gasteiger partial charge on any atom is 0.416 e. The zero-order valence-electron chi connectivity index (χ0n) is 7.85. The van der Waals surface area contributed by atoms with E-state index in [2.05, 4.69) is 15.9 Å². The number of alkyl halides is 4. The standard InChI is InChI=1S/C10H10BrF3S/c11-5-2-6-15-9-4-1-3-8(7-9)10(12,13)14/h1,3-4,7H,2,5-6H2. The summed E-state index contributed by atoms with van der Waals surface area (Å²) in [4.78, 5) is 0.672. The van der Waals surface area contributed by atoms with Gasteiger partial charge in [-0.05, 0) is 30.4 Å². The molecule has 0 aromatic heterocycles. The van der Waals surface area contributed by atoms with Gasteiger partial charge < -0.3 is 0 Å². The third kappa shape index (κ3) is 4.47. The predicted molar refractivity (Wildman–Crippen MR) is 60.6 cm³/mol. The van der Waals surface area contributed by atoms with Crippen molar-refractivity contribution in [3.63, 3.8) is 0 Å². The van der Waals surface area contributed by atoms with Gasteiger partial charge in [-0.3, -0.25) is 0 Å². The highest BCUT2D eigenvalue weighted by Crippen LogP contribution is 2.31. The highest BCUT2D eigenvalue weighted by molar-refractivity contribution is 9.09. The Kier molecular flexibility index (Phi) is 4.99. The van der Waals surface area contributed by atoms with Crippen LogP contribution in [0.15, 0.2) is 29.2 Å². The van der Waals surface area contributed by atoms with Crippen molar-refractivity contribution in [1.82, 2.24) is 0 Å². The van der Waals surface area contributed by atoms with Gasteiger partial charge in [0.1, 0.15) is 0 Å². The number of hydrogen-bond donors (Lipinski definition) is 0. The Morgan fingerprint density at radius 1 is 1.27 bits per heavy atom. The molecule has 84 valence electrons. The quantitative estimate of drug-likeness (QED) is 0.445. The Morgan fingerprint density at radius 2 is 2.00 bits per heavy atom. The summed E-state index contributed by atoms with van der Waals surface area (Å²) >= 11 is 4.72. The first kappa shape index (κ1) is 12.9. The molecule has 0 nitrogen and oxygen atoms in total. The van der Waals surface area contributed by atoms with Crippen molar-refractivity contribution in [2.24, 2.45) is 0 Å². The Balaban J connectivity index is 2.66. The second-order valence-electron chi connectivity index (χ2n) is 2.92. The summed E-state index contributed by atoms with van der Waals surface area (Å²) in [6, 6.07) is 5.43. The summed E-state index contributed by atoms with van der Waals surface area (Å²) in [5.74, 6) is 0.826. The molecule has 0 N–H and O–H groups in total. The van der Waals surface area contributed by atoms with Crippen LogP contribution in [0.2, 0.25) is 0 Å². The molecule has 0 radical (unpaired) electrons. The monoisotopic (exact) mass is 298 g/mol. The largest absolute Gasteiger partial charge is 0.416 e. The molecule has 0 aliphatic carbocycles. The Labute approximate surface area is 99.4 Å². The van der Waals surface area contributed by atoms with Crippen LogP contribution in [-0.2, 0) is 6.18 Å². The van der Waals surface area contributed by atoms with Crippen LogP contribution in [0.3, 0.4) is 0 Å². The fourth-order valence-corrected chi connectivity index (χ4v) is 2.57. The lowest BCUT2D eigenvalue weighted by Crippen LogP contribution is -2.04. The summed E-state index contributed by atoms with van der Waals surface area (Å²) in [5.41, 5.74) is -0.577. The van der Waals surface area contributed by atoms with Crippen LogP contribution >= 0.6 is 27.7 Å². The predicted octanol–water partition coefficient (Wildman–Crippen LogP) is 4.58. The lowest BCUT2D eigenvalue weighted by atomic mass is 10.2. The summed E-state index contributed by atoms with van der Waals surface area (Å²) in [7, 11) is 0. The number of thioether (sulfide) groups is 1. The number of benzene rings is 1. The van der Waals surface area contributed by atoms with E-state index in [4.69, 9.17) is 0 Å². The van der Waals surface area contributed by atoms with E-state index in [0.29, 0.717) is 4.90 Å². The molecule has 0 atom stereocenters. The van der Waals surface area contributed by atoms with Crippen LogP contribution in [-0.4, -0.2) is 11.1 Å². The minimum atomic E-state index is -4.24. The van der Waals surface area contributed by atoms with E-state index in [1.54, 1.807) is 6.07 Å². The first-order valence-corrected chi connectivity index (χ1v) is 6.51. The molecule has 0 aliphatic rings. The molecule has 1 rings (SSSR count). The maximum atomic E-state index is 12.3. The van der Waals surface area contributed by atoms with Crippen molar-refractivity contribution >= 4 is 27.7 Å². The van der Waals surface area contributed by atoms with Gasteiger partial charge in [-0.1, -0.05) is 22.0 Å². The van der Waals surface area contributed by atoms with Crippen LogP contribution in [0.5, 0.6) is 0 Å². The van der Waals surface area contributed by atoms with Gasteiger partial charge in [-0.25, -0.2) is 0 Å². The van der Waals surface area contributed by atoms with Crippen LogP contribution in [0.4, 0.5) is 13.2 Å². The summed E-state index contributed by atoms with van der Waals surface area (Å²) in [5, 5.41) is 0.874. The van der Waals surface area contributed by atoms with Gasteiger partial charge in [-0.15, -0.1) is 11.8 Å². The van der Waals surface area contributed by atoms with E-state index in [1.807, 2.05) is 0 Å². The van der Waals surface area contributed by atoms with Crippen molar-refractivity contribution < 1.29 is 13.2 Å². The van der Waals surface area contributed by atoms with Crippen molar-refractivity contribution in [2.75, 3.05) is 11.1 Å². The van der Waals surface area contributed by atoms with Gasteiger partial charge in [-0.2, -0.15) is 13.2 Å². The molecule has 0 amide bonds. The SMILES string of the molecule is FC(F)(F)c1cccc(SCCCBr)c1.